The zero-order chi connectivity index (χ0) is 19.9. The van der Waals surface area contributed by atoms with E-state index in [1.165, 1.54) is 42.1 Å². The smallest absolute Gasteiger partial charge is 0.0592 e. The van der Waals surface area contributed by atoms with Gasteiger partial charge in [0.1, 0.15) is 0 Å². The van der Waals surface area contributed by atoms with E-state index in [1.807, 2.05) is 23.1 Å². The first-order valence-electron chi connectivity index (χ1n) is 10.0. The molecule has 0 amide bonds. The molecular formula is C25H28Cl2S2SiZr-. The summed E-state index contributed by atoms with van der Waals surface area (Å²) in [5, 5.41) is 3.62. The van der Waals surface area contributed by atoms with Crippen molar-refractivity contribution in [1.82, 2.24) is 0 Å². The van der Waals surface area contributed by atoms with E-state index in [0.29, 0.717) is 11.2 Å². The second kappa shape index (κ2) is 9.80. The van der Waals surface area contributed by atoms with E-state index in [0.717, 1.165) is 0 Å². The largest absolute Gasteiger partial charge is 0.240 e. The van der Waals surface area contributed by atoms with Crippen LogP contribution in [-0.2, 0) is 26.2 Å². The van der Waals surface area contributed by atoms with Crippen molar-refractivity contribution in [1.29, 1.82) is 0 Å². The van der Waals surface area contributed by atoms with E-state index in [4.69, 9.17) is 0 Å². The van der Waals surface area contributed by atoms with E-state index < -0.39 is 8.80 Å². The number of benzene rings is 1. The summed E-state index contributed by atoms with van der Waals surface area (Å²) >= 11 is 3.99. The average molecular weight is 583 g/mol. The van der Waals surface area contributed by atoms with Crippen LogP contribution < -0.4 is 14.9 Å². The number of halogens is 2. The van der Waals surface area contributed by atoms with Crippen molar-refractivity contribution >= 4 is 79.6 Å². The summed E-state index contributed by atoms with van der Waals surface area (Å²) < 4.78 is 1.41. The van der Waals surface area contributed by atoms with E-state index in [2.05, 4.69) is 72.0 Å². The summed E-state index contributed by atoms with van der Waals surface area (Å²) in [5.74, 6) is 0.409. The minimum atomic E-state index is -0.508. The van der Waals surface area contributed by atoms with Gasteiger partial charge >= 0.3 is 0 Å². The number of rotatable bonds is 2. The van der Waals surface area contributed by atoms with Gasteiger partial charge in [-0.15, -0.1) is 51.9 Å². The molecule has 2 aliphatic carbocycles. The first-order valence-corrected chi connectivity index (χ1v) is 14.2. The number of thioether (sulfide) groups is 1. The molecule has 0 saturated heterocycles. The van der Waals surface area contributed by atoms with Gasteiger partial charge in [-0.1, -0.05) is 42.4 Å². The molecule has 0 nitrogen and oxygen atoms in total. The maximum Gasteiger partial charge on any atom is 0.0592 e. The standard InChI is InChI=1S/C25H26S2Si.2ClH.Zr/c1-12-8-13(2)17-10-14(3)21(18(17)9-12)22-15(4)26-19-11-20-24(23(19)22)25(28(6)7)16(5)27-20;;;/h8-10,19,21H,1-7H3;2*1H;/q-1;;;. The number of hydrogen-bond acceptors (Lipinski definition) is 2. The molecule has 2 heterocycles. The molecule has 2 unspecified atom stereocenters. The van der Waals surface area contributed by atoms with Crippen LogP contribution in [0.4, 0.5) is 0 Å². The predicted octanol–water partition coefficient (Wildman–Crippen LogP) is 5.89. The molecule has 0 saturated carbocycles. The molecule has 2 atom stereocenters. The Balaban J connectivity index is 0.00000114. The summed E-state index contributed by atoms with van der Waals surface area (Å²) in [4.78, 5) is 3.01. The number of hydrogen-bond donors (Lipinski definition) is 0. The summed E-state index contributed by atoms with van der Waals surface area (Å²) in [6, 6.07) is 4.75. The van der Waals surface area contributed by atoms with Crippen molar-refractivity contribution in [3.63, 3.8) is 0 Å². The predicted molar refractivity (Wildman–Crippen MR) is 143 cm³/mol. The first kappa shape index (κ1) is 27.4. The van der Waals surface area contributed by atoms with Gasteiger partial charge in [0.15, 0.2) is 0 Å². The fourth-order valence-electron chi connectivity index (χ4n) is 5.37. The van der Waals surface area contributed by atoms with Crippen LogP contribution in [0.5, 0.6) is 0 Å². The molecule has 163 valence electrons. The van der Waals surface area contributed by atoms with Crippen LogP contribution in [0.25, 0.3) is 17.7 Å². The number of aryl methyl sites for hydroxylation is 3. The van der Waals surface area contributed by atoms with Gasteiger partial charge in [-0.2, -0.15) is 16.6 Å². The summed E-state index contributed by atoms with van der Waals surface area (Å²) in [7, 11) is -0.508. The van der Waals surface area contributed by atoms with Crippen LogP contribution in [0.2, 0.25) is 13.1 Å². The quantitative estimate of drug-likeness (QED) is 0.315. The van der Waals surface area contributed by atoms with Gasteiger partial charge in [-0.05, 0) is 71.9 Å². The van der Waals surface area contributed by atoms with Crippen LogP contribution >= 0.6 is 47.9 Å². The molecule has 1 aromatic carbocycles. The zero-order valence-electron chi connectivity index (χ0n) is 19.0. The van der Waals surface area contributed by atoms with Gasteiger partial charge in [0.25, 0.3) is 0 Å². The van der Waals surface area contributed by atoms with Gasteiger partial charge in [0.2, 0.25) is 0 Å². The Labute approximate surface area is 227 Å². The molecule has 1 radical (unpaired) electrons. The molecule has 31 heavy (non-hydrogen) atoms. The van der Waals surface area contributed by atoms with Crippen LogP contribution in [-0.4, -0.2) is 14.0 Å². The molecule has 0 spiro atoms. The third-order valence-electron chi connectivity index (χ3n) is 6.33. The van der Waals surface area contributed by atoms with Crippen molar-refractivity contribution < 1.29 is 26.2 Å². The van der Waals surface area contributed by atoms with Gasteiger partial charge in [0.05, 0.1) is 8.80 Å². The third kappa shape index (κ3) is 4.13. The monoisotopic (exact) mass is 580 g/mol. The van der Waals surface area contributed by atoms with Gasteiger partial charge in [-0.25, -0.2) is 6.08 Å². The number of fused-ring (bicyclic) bond motifs is 3. The molecule has 6 heteroatoms. The minimum absolute atomic E-state index is 0. The minimum Gasteiger partial charge on any atom is -0.240 e. The zero-order valence-corrected chi connectivity index (χ0v) is 25.7. The molecule has 5 rings (SSSR count). The average Bonchev–Trinajstić information content (AvgIpc) is 3.26. The Morgan fingerprint density at radius 1 is 0.968 bits per heavy atom. The Morgan fingerprint density at radius 2 is 1.65 bits per heavy atom. The van der Waals surface area contributed by atoms with Crippen LogP contribution in [0.1, 0.15) is 46.9 Å². The first-order chi connectivity index (χ1) is 13.3. The Morgan fingerprint density at radius 3 is 2.29 bits per heavy atom. The molecule has 3 aliphatic rings. The van der Waals surface area contributed by atoms with Gasteiger partial charge in [0, 0.05) is 32.1 Å². The van der Waals surface area contributed by atoms with Gasteiger partial charge in [-0.3, -0.25) is 0 Å². The number of thiophene rings is 1. The van der Waals surface area contributed by atoms with Crippen LogP contribution in [0, 0.1) is 20.8 Å². The third-order valence-corrected chi connectivity index (χ3v) is 10.3. The molecular weight excluding hydrogens is 555 g/mol. The fraction of sp³-hybridized carbons (Fsp3) is 0.360. The Kier molecular flexibility index (Phi) is 8.67. The molecule has 0 bridgehead atoms. The van der Waals surface area contributed by atoms with Crippen LogP contribution in [0.15, 0.2) is 28.2 Å². The van der Waals surface area contributed by atoms with Crippen molar-refractivity contribution in [3.8, 4) is 0 Å². The van der Waals surface area contributed by atoms with E-state index >= 15 is 0 Å². The van der Waals surface area contributed by atoms with E-state index in [9.17, 15) is 0 Å². The van der Waals surface area contributed by atoms with Crippen molar-refractivity contribution in [2.75, 3.05) is 0 Å². The summed E-state index contributed by atoms with van der Waals surface area (Å²) in [5.41, 5.74) is 10.4. The maximum absolute atomic E-state index is 3.86. The molecule has 1 aromatic heterocycles. The molecule has 0 N–H and O–H groups in total. The molecule has 1 aliphatic heterocycles. The molecule has 2 aromatic rings. The van der Waals surface area contributed by atoms with Crippen molar-refractivity contribution in [3.05, 3.63) is 65.1 Å². The van der Waals surface area contributed by atoms with Gasteiger partial charge < -0.3 is 0 Å². The van der Waals surface area contributed by atoms with Crippen LogP contribution in [0.3, 0.4) is 0 Å². The maximum atomic E-state index is 3.86. The normalized spacial score (nSPS) is 20.4. The topological polar surface area (TPSA) is 0 Å². The fourth-order valence-corrected chi connectivity index (χ4v) is 10.0. The van der Waals surface area contributed by atoms with E-state index in [1.54, 1.807) is 21.6 Å². The summed E-state index contributed by atoms with van der Waals surface area (Å²) in [6.45, 7) is 16.4. The van der Waals surface area contributed by atoms with Crippen molar-refractivity contribution in [2.24, 2.45) is 0 Å². The Hall–Kier alpha value is 0.170. The van der Waals surface area contributed by atoms with Crippen molar-refractivity contribution in [2.45, 2.75) is 58.9 Å². The Bertz CT molecular complexity index is 1240. The second-order valence-corrected chi connectivity index (χ2v) is 13.7. The molecule has 0 fully saturated rings. The SMILES string of the molecule is CC1=Cc2c(C)cc(C)cc2C1C1=C(C)SC2[C-]=c3sc(C)c([Si](C)C)c3=C12.Cl.Cl.[Zr]. The summed E-state index contributed by atoms with van der Waals surface area (Å²) in [6.07, 6.45) is 6.29. The van der Waals surface area contributed by atoms with E-state index in [-0.39, 0.29) is 51.0 Å². The number of allylic oxidation sites excluding steroid dienone is 3. The second-order valence-electron chi connectivity index (χ2n) is 8.67.